The van der Waals surface area contributed by atoms with E-state index in [-0.39, 0.29) is 11.6 Å². The third-order valence-electron chi connectivity index (χ3n) is 3.84. The number of nitro groups is 1. The summed E-state index contributed by atoms with van der Waals surface area (Å²) in [6.45, 7) is 0.597. The minimum Gasteiger partial charge on any atom is -0.388 e. The lowest BCUT2D eigenvalue weighted by molar-refractivity contribution is -0.384. The summed E-state index contributed by atoms with van der Waals surface area (Å²) in [5.41, 5.74) is 3.91. The van der Waals surface area contributed by atoms with E-state index in [4.69, 9.17) is 11.6 Å². The van der Waals surface area contributed by atoms with Crippen LogP contribution in [0.5, 0.6) is 0 Å². The number of fused-ring (bicyclic) bond motifs is 1. The lowest BCUT2D eigenvalue weighted by Crippen LogP contribution is -2.14. The molecular weight excluding hydrogens is 302 g/mol. The molecule has 0 aromatic heterocycles. The fourth-order valence-electron chi connectivity index (χ4n) is 2.76. The lowest BCUT2D eigenvalue weighted by Gasteiger charge is -2.24. The summed E-state index contributed by atoms with van der Waals surface area (Å²) in [6, 6.07) is 10.6. The summed E-state index contributed by atoms with van der Waals surface area (Å²) in [5, 5.41) is 14.7. The molecule has 5 nitrogen and oxygen atoms in total. The molecule has 1 aliphatic heterocycles. The van der Waals surface area contributed by atoms with Crippen molar-refractivity contribution in [1.82, 2.24) is 0 Å². The maximum atomic E-state index is 10.9. The molecule has 1 heterocycles. The first-order valence-corrected chi connectivity index (χ1v) is 7.23. The molecule has 0 fully saturated rings. The van der Waals surface area contributed by atoms with Gasteiger partial charge in [-0.25, -0.2) is 0 Å². The van der Waals surface area contributed by atoms with E-state index in [0.29, 0.717) is 11.6 Å². The molecule has 0 saturated heterocycles. The van der Waals surface area contributed by atoms with Gasteiger partial charge in [0, 0.05) is 48.6 Å². The Labute approximate surface area is 132 Å². The van der Waals surface area contributed by atoms with E-state index in [0.717, 1.165) is 22.4 Å². The summed E-state index contributed by atoms with van der Waals surface area (Å²) >= 11 is 6.12. The van der Waals surface area contributed by atoms with Crippen LogP contribution in [0.25, 0.3) is 0 Å². The minimum atomic E-state index is -0.394. The summed E-state index contributed by atoms with van der Waals surface area (Å²) in [4.78, 5) is 15.0. The highest BCUT2D eigenvalue weighted by Crippen LogP contribution is 2.36. The highest BCUT2D eigenvalue weighted by molar-refractivity contribution is 6.30. The van der Waals surface area contributed by atoms with Gasteiger partial charge < -0.3 is 5.32 Å². The normalized spacial score (nSPS) is 16.2. The molecule has 2 aromatic rings. The van der Waals surface area contributed by atoms with Gasteiger partial charge in [0.25, 0.3) is 5.69 Å². The summed E-state index contributed by atoms with van der Waals surface area (Å²) in [5.74, 6) is 0.0296. The zero-order valence-electron chi connectivity index (χ0n) is 11.9. The third-order valence-corrected chi connectivity index (χ3v) is 4.07. The number of aliphatic imine (C=N–C) groups is 1. The Morgan fingerprint density at radius 3 is 2.82 bits per heavy atom. The first-order chi connectivity index (χ1) is 10.6. The molecule has 22 heavy (non-hydrogen) atoms. The van der Waals surface area contributed by atoms with Crippen molar-refractivity contribution in [3.05, 3.63) is 68.2 Å². The van der Waals surface area contributed by atoms with Gasteiger partial charge in [-0.05, 0) is 34.9 Å². The second kappa shape index (κ2) is 5.77. The minimum absolute atomic E-state index is 0.0296. The van der Waals surface area contributed by atoms with Crippen molar-refractivity contribution in [2.45, 2.75) is 5.92 Å². The molecule has 0 radical (unpaired) electrons. The van der Waals surface area contributed by atoms with Gasteiger partial charge in [-0.15, -0.1) is 0 Å². The molecule has 0 bridgehead atoms. The van der Waals surface area contributed by atoms with Crippen LogP contribution in [0.4, 0.5) is 11.4 Å². The number of hydrogen-bond donors (Lipinski definition) is 1. The highest BCUT2D eigenvalue weighted by Gasteiger charge is 2.23. The van der Waals surface area contributed by atoms with Crippen LogP contribution in [-0.2, 0) is 0 Å². The van der Waals surface area contributed by atoms with Gasteiger partial charge in [0.1, 0.15) is 0 Å². The van der Waals surface area contributed by atoms with Gasteiger partial charge in [0.2, 0.25) is 0 Å². The van der Waals surface area contributed by atoms with E-state index in [1.807, 2.05) is 24.4 Å². The predicted molar refractivity (Wildman–Crippen MR) is 88.4 cm³/mol. The maximum absolute atomic E-state index is 10.9. The molecule has 0 amide bonds. The van der Waals surface area contributed by atoms with Crippen molar-refractivity contribution in [1.29, 1.82) is 0 Å². The van der Waals surface area contributed by atoms with E-state index in [1.54, 1.807) is 19.2 Å². The average Bonchev–Trinajstić information content (AvgIpc) is 2.53. The van der Waals surface area contributed by atoms with Crippen LogP contribution in [-0.4, -0.2) is 24.7 Å². The number of nitro benzene ring substituents is 1. The molecule has 1 atom stereocenters. The van der Waals surface area contributed by atoms with Crippen molar-refractivity contribution in [3.63, 3.8) is 0 Å². The van der Waals surface area contributed by atoms with Crippen molar-refractivity contribution >= 4 is 29.2 Å². The van der Waals surface area contributed by atoms with E-state index in [9.17, 15) is 10.1 Å². The Hall–Kier alpha value is -2.40. The first-order valence-electron chi connectivity index (χ1n) is 6.85. The topological polar surface area (TPSA) is 67.5 Å². The number of nitrogens with zero attached hydrogens (tertiary/aromatic N) is 2. The molecule has 3 rings (SSSR count). The lowest BCUT2D eigenvalue weighted by atomic mass is 9.85. The van der Waals surface area contributed by atoms with Crippen LogP contribution < -0.4 is 5.32 Å². The molecule has 1 N–H and O–H groups in total. The van der Waals surface area contributed by atoms with Crippen LogP contribution in [0.15, 0.2) is 41.4 Å². The zero-order valence-corrected chi connectivity index (χ0v) is 12.7. The number of hydrogen-bond acceptors (Lipinski definition) is 4. The Kier molecular flexibility index (Phi) is 3.81. The number of nitrogens with one attached hydrogen (secondary N) is 1. The smallest absolute Gasteiger partial charge is 0.271 e. The first kappa shape index (κ1) is 14.5. The summed E-state index contributed by atoms with van der Waals surface area (Å²) < 4.78 is 0. The monoisotopic (exact) mass is 315 g/mol. The van der Waals surface area contributed by atoms with Crippen LogP contribution in [0.1, 0.15) is 22.6 Å². The fraction of sp³-hybridized carbons (Fsp3) is 0.188. The van der Waals surface area contributed by atoms with Crippen LogP contribution in [0, 0.1) is 10.1 Å². The molecule has 1 unspecified atom stereocenters. The molecular formula is C16H14ClN3O2. The van der Waals surface area contributed by atoms with Gasteiger partial charge in [-0.1, -0.05) is 17.7 Å². The van der Waals surface area contributed by atoms with Gasteiger partial charge >= 0.3 is 0 Å². The van der Waals surface area contributed by atoms with Gasteiger partial charge in [-0.3, -0.25) is 15.1 Å². The van der Waals surface area contributed by atoms with E-state index in [2.05, 4.69) is 10.3 Å². The molecule has 0 spiro atoms. The van der Waals surface area contributed by atoms with Crippen molar-refractivity contribution in [2.24, 2.45) is 4.99 Å². The van der Waals surface area contributed by atoms with Crippen molar-refractivity contribution in [3.8, 4) is 0 Å². The Balaban J connectivity index is 2.11. The van der Waals surface area contributed by atoms with Gasteiger partial charge in [-0.2, -0.15) is 0 Å². The van der Waals surface area contributed by atoms with Crippen LogP contribution in [0.2, 0.25) is 5.02 Å². The molecule has 1 aliphatic rings. The molecule has 0 saturated carbocycles. The molecule has 0 aliphatic carbocycles. The molecule has 2 aromatic carbocycles. The fourth-order valence-corrected chi connectivity index (χ4v) is 2.94. The number of benzene rings is 2. The average molecular weight is 316 g/mol. The SMILES string of the molecule is CNc1cc([N+](=O)[O-])ccc1C1CN=Cc2ccc(Cl)cc21. The third kappa shape index (κ3) is 2.55. The largest absolute Gasteiger partial charge is 0.388 e. The molecule has 112 valence electrons. The summed E-state index contributed by atoms with van der Waals surface area (Å²) in [6.07, 6.45) is 1.84. The van der Waals surface area contributed by atoms with Crippen LogP contribution >= 0.6 is 11.6 Å². The van der Waals surface area contributed by atoms with Crippen molar-refractivity contribution < 1.29 is 4.92 Å². The number of non-ortho nitro benzene ring substituents is 1. The standard InChI is InChI=1S/C16H14ClN3O2/c1-18-16-7-12(20(21)22)4-5-13(16)15-9-19-8-10-2-3-11(17)6-14(10)15/h2-8,15,18H,9H2,1H3. The molecule has 6 heteroatoms. The number of anilines is 1. The second-order valence-corrected chi connectivity index (χ2v) is 5.54. The van der Waals surface area contributed by atoms with E-state index < -0.39 is 4.92 Å². The van der Waals surface area contributed by atoms with E-state index >= 15 is 0 Å². The van der Waals surface area contributed by atoms with E-state index in [1.165, 1.54) is 6.07 Å². The quantitative estimate of drug-likeness (QED) is 0.691. The summed E-state index contributed by atoms with van der Waals surface area (Å²) in [7, 11) is 1.76. The van der Waals surface area contributed by atoms with Crippen molar-refractivity contribution in [2.75, 3.05) is 18.9 Å². The second-order valence-electron chi connectivity index (χ2n) is 5.10. The Morgan fingerprint density at radius 2 is 2.09 bits per heavy atom. The highest BCUT2D eigenvalue weighted by atomic mass is 35.5. The predicted octanol–water partition coefficient (Wildman–Crippen LogP) is 3.85. The zero-order chi connectivity index (χ0) is 15.7. The Bertz CT molecular complexity index is 774. The number of rotatable bonds is 3. The Morgan fingerprint density at radius 1 is 1.27 bits per heavy atom. The number of halogens is 1. The van der Waals surface area contributed by atoms with Crippen LogP contribution in [0.3, 0.4) is 0 Å². The maximum Gasteiger partial charge on any atom is 0.271 e. The van der Waals surface area contributed by atoms with Gasteiger partial charge in [0.05, 0.1) is 4.92 Å². The van der Waals surface area contributed by atoms with Gasteiger partial charge in [0.15, 0.2) is 0 Å².